The van der Waals surface area contributed by atoms with Gasteiger partial charge in [-0.2, -0.15) is 0 Å². The minimum atomic E-state index is -2.65. The number of hydrogen-bond acceptors (Lipinski definition) is 3. The second-order valence-electron chi connectivity index (χ2n) is 11.1. The van der Waals surface area contributed by atoms with Crippen LogP contribution >= 0.6 is 0 Å². The molecule has 0 N–H and O–H groups in total. The van der Waals surface area contributed by atoms with Crippen molar-refractivity contribution in [3.63, 3.8) is 0 Å². The van der Waals surface area contributed by atoms with Crippen LogP contribution in [-0.2, 0) is 14.0 Å². The van der Waals surface area contributed by atoms with E-state index in [9.17, 15) is 4.79 Å². The van der Waals surface area contributed by atoms with E-state index in [2.05, 4.69) is 125 Å². The first-order valence-electron chi connectivity index (χ1n) is 14.7. The van der Waals surface area contributed by atoms with Gasteiger partial charge in [-0.1, -0.05) is 144 Å². The lowest BCUT2D eigenvalue weighted by atomic mass is 10.1. The highest BCUT2D eigenvalue weighted by atomic mass is 28.4. The van der Waals surface area contributed by atoms with Crippen LogP contribution < -0.4 is 10.4 Å². The molecule has 0 bridgehead atoms. The molecule has 0 spiro atoms. The number of benzene rings is 2. The average molecular weight is 547 g/mol. The smallest absolute Gasteiger partial charge is 0.305 e. The number of esters is 1. The summed E-state index contributed by atoms with van der Waals surface area (Å²) in [5, 5.41) is 2.53. The predicted molar refractivity (Wildman–Crippen MR) is 169 cm³/mol. The highest BCUT2D eigenvalue weighted by Crippen LogP contribution is 2.37. The monoisotopic (exact) mass is 546 g/mol. The van der Waals surface area contributed by atoms with Crippen LogP contribution in [0.4, 0.5) is 0 Å². The number of unbranched alkanes of at least 4 members (excludes halogenated alkanes) is 5. The number of ether oxygens (including phenoxy) is 1. The third kappa shape index (κ3) is 10.8. The zero-order valence-electron chi connectivity index (χ0n) is 24.9. The van der Waals surface area contributed by atoms with Gasteiger partial charge in [0.1, 0.15) is 0 Å². The van der Waals surface area contributed by atoms with Crippen LogP contribution in [0.5, 0.6) is 0 Å². The van der Waals surface area contributed by atoms with E-state index in [0.717, 1.165) is 44.9 Å². The predicted octanol–water partition coefficient (Wildman–Crippen LogP) is 8.30. The van der Waals surface area contributed by atoms with Crippen LogP contribution in [0.3, 0.4) is 0 Å². The Morgan fingerprint density at radius 3 is 1.92 bits per heavy atom. The fourth-order valence-corrected chi connectivity index (χ4v) is 9.57. The SMILES string of the molecule is CC/C=C\C/C=C\[C@@H](/C=C\CCCCCCCC(=O)OC)O[Si](c1ccccc1)(c1ccccc1)C(C)(C)C. The molecule has 2 aromatic carbocycles. The Hall–Kier alpha value is -2.69. The quantitative estimate of drug-likeness (QED) is 0.0866. The summed E-state index contributed by atoms with van der Waals surface area (Å²) in [6, 6.07) is 21.7. The van der Waals surface area contributed by atoms with Crippen molar-refractivity contribution in [2.24, 2.45) is 0 Å². The van der Waals surface area contributed by atoms with E-state index < -0.39 is 8.32 Å². The van der Waals surface area contributed by atoms with Crippen molar-refractivity contribution in [2.45, 2.75) is 96.6 Å². The first-order valence-corrected chi connectivity index (χ1v) is 16.6. The molecule has 0 aliphatic rings. The maximum atomic E-state index is 11.3. The number of allylic oxidation sites excluding steroid dienone is 4. The second-order valence-corrected chi connectivity index (χ2v) is 15.4. The van der Waals surface area contributed by atoms with Gasteiger partial charge in [0.25, 0.3) is 8.32 Å². The molecule has 39 heavy (non-hydrogen) atoms. The Bertz CT molecular complexity index is 979. The van der Waals surface area contributed by atoms with Gasteiger partial charge in [-0.15, -0.1) is 0 Å². The van der Waals surface area contributed by atoms with Crippen LogP contribution in [0, 0.1) is 0 Å². The molecule has 2 aromatic rings. The summed E-state index contributed by atoms with van der Waals surface area (Å²) in [5.41, 5.74) is 0. The normalized spacial score (nSPS) is 13.5. The van der Waals surface area contributed by atoms with Gasteiger partial charge in [-0.05, 0) is 47.5 Å². The molecule has 0 heterocycles. The van der Waals surface area contributed by atoms with Gasteiger partial charge in [0.2, 0.25) is 0 Å². The van der Waals surface area contributed by atoms with Crippen molar-refractivity contribution >= 4 is 24.7 Å². The van der Waals surface area contributed by atoms with Crippen LogP contribution in [0.1, 0.15) is 85.5 Å². The molecule has 0 amide bonds. The maximum absolute atomic E-state index is 11.3. The first-order chi connectivity index (χ1) is 18.8. The van der Waals surface area contributed by atoms with Crippen molar-refractivity contribution in [3.05, 3.63) is 97.1 Å². The molecule has 212 valence electrons. The van der Waals surface area contributed by atoms with Crippen molar-refractivity contribution in [1.29, 1.82) is 0 Å². The fourth-order valence-electron chi connectivity index (χ4n) is 4.99. The topological polar surface area (TPSA) is 35.5 Å². The molecule has 2 rings (SSSR count). The van der Waals surface area contributed by atoms with Crippen LogP contribution in [0.15, 0.2) is 97.1 Å². The third-order valence-corrected chi connectivity index (χ3v) is 12.1. The van der Waals surface area contributed by atoms with E-state index in [1.54, 1.807) is 0 Å². The molecule has 0 radical (unpaired) electrons. The van der Waals surface area contributed by atoms with Gasteiger partial charge in [-0.3, -0.25) is 4.79 Å². The fraction of sp³-hybridized carbons (Fsp3) is 0.457. The molecule has 4 heteroatoms. The van der Waals surface area contributed by atoms with Crippen LogP contribution in [-0.4, -0.2) is 27.5 Å². The van der Waals surface area contributed by atoms with E-state index in [4.69, 9.17) is 9.16 Å². The Morgan fingerprint density at radius 2 is 1.36 bits per heavy atom. The van der Waals surface area contributed by atoms with Gasteiger partial charge in [0.15, 0.2) is 0 Å². The van der Waals surface area contributed by atoms with Gasteiger partial charge in [-0.25, -0.2) is 0 Å². The molecule has 1 atom stereocenters. The molecule has 3 nitrogen and oxygen atoms in total. The molecule has 0 unspecified atom stereocenters. The maximum Gasteiger partial charge on any atom is 0.305 e. The molecular formula is C35H50O3Si. The molecular weight excluding hydrogens is 496 g/mol. The third-order valence-electron chi connectivity index (χ3n) is 7.04. The van der Waals surface area contributed by atoms with Crippen molar-refractivity contribution in [2.75, 3.05) is 7.11 Å². The molecule has 0 aliphatic heterocycles. The Kier molecular flexibility index (Phi) is 14.8. The number of hydrogen-bond donors (Lipinski definition) is 0. The van der Waals surface area contributed by atoms with Crippen LogP contribution in [0.25, 0.3) is 0 Å². The molecule has 0 aliphatic carbocycles. The lowest BCUT2D eigenvalue weighted by molar-refractivity contribution is -0.140. The second kappa shape index (κ2) is 17.8. The van der Waals surface area contributed by atoms with E-state index in [1.807, 2.05) is 0 Å². The largest absolute Gasteiger partial charge is 0.469 e. The van der Waals surface area contributed by atoms with E-state index in [-0.39, 0.29) is 17.1 Å². The minimum absolute atomic E-state index is 0.0675. The van der Waals surface area contributed by atoms with E-state index in [0.29, 0.717) is 6.42 Å². The van der Waals surface area contributed by atoms with E-state index >= 15 is 0 Å². The summed E-state index contributed by atoms with van der Waals surface area (Å²) >= 11 is 0. The lowest BCUT2D eigenvalue weighted by Crippen LogP contribution is -2.67. The van der Waals surface area contributed by atoms with Crippen molar-refractivity contribution in [3.8, 4) is 0 Å². The zero-order chi connectivity index (χ0) is 28.4. The Labute approximate surface area is 239 Å². The Morgan fingerprint density at radius 1 is 0.795 bits per heavy atom. The van der Waals surface area contributed by atoms with Gasteiger partial charge >= 0.3 is 5.97 Å². The van der Waals surface area contributed by atoms with Crippen LogP contribution in [0.2, 0.25) is 5.04 Å². The molecule has 0 saturated heterocycles. The highest BCUT2D eigenvalue weighted by Gasteiger charge is 2.51. The molecule has 0 fully saturated rings. The summed E-state index contributed by atoms with van der Waals surface area (Å²) in [4.78, 5) is 11.3. The number of carbonyl (C=O) groups excluding carboxylic acids is 1. The van der Waals surface area contributed by atoms with Gasteiger partial charge in [0.05, 0.1) is 13.2 Å². The summed E-state index contributed by atoms with van der Waals surface area (Å²) in [7, 11) is -1.19. The summed E-state index contributed by atoms with van der Waals surface area (Å²) in [6.45, 7) is 9.15. The lowest BCUT2D eigenvalue weighted by Gasteiger charge is -2.44. The standard InChI is InChI=1S/C35H50O3Si/c1-6-7-8-12-17-24-31(25-18-13-10-9-11-14-23-30-34(36)37-5)38-39(35(2,3)4,32-26-19-15-20-27-32)33-28-21-16-22-29-33/h7-8,15-22,24-29,31H,6,9-14,23,30H2,1-5H3/b8-7-,24-17-,25-18-/t31-/m0/s1. The number of carbonyl (C=O) groups is 1. The van der Waals surface area contributed by atoms with E-state index in [1.165, 1.54) is 23.9 Å². The summed E-state index contributed by atoms with van der Waals surface area (Å²) in [5.74, 6) is -0.108. The van der Waals surface area contributed by atoms with Crippen molar-refractivity contribution in [1.82, 2.24) is 0 Å². The minimum Gasteiger partial charge on any atom is -0.469 e. The average Bonchev–Trinajstić information content (AvgIpc) is 2.94. The van der Waals surface area contributed by atoms with Gasteiger partial charge in [0, 0.05) is 6.42 Å². The number of rotatable bonds is 17. The van der Waals surface area contributed by atoms with Crippen molar-refractivity contribution < 1.29 is 14.0 Å². The molecule has 0 saturated carbocycles. The summed E-state index contributed by atoms with van der Waals surface area (Å²) in [6.07, 6.45) is 22.3. The summed E-state index contributed by atoms with van der Waals surface area (Å²) < 4.78 is 12.1. The highest BCUT2D eigenvalue weighted by molar-refractivity contribution is 6.99. The zero-order valence-corrected chi connectivity index (χ0v) is 25.9. The Balaban J connectivity index is 2.23. The first kappa shape index (κ1) is 32.5. The molecule has 0 aromatic heterocycles. The van der Waals surface area contributed by atoms with Gasteiger partial charge < -0.3 is 9.16 Å². The number of methoxy groups -OCH3 is 1.